The maximum Gasteiger partial charge on any atom is 0.243 e. The SMILES string of the molecule is CC(C)CNC(=O)[C@@H](Cc1ccccc1)N(Cc1ccc(Br)cc1)C(=O)CSCc1ccc(Cl)cc1. The second-order valence-electron chi connectivity index (χ2n) is 9.11. The van der Waals surface area contributed by atoms with Gasteiger partial charge in [0.2, 0.25) is 11.8 Å². The molecule has 0 aliphatic heterocycles. The predicted octanol–water partition coefficient (Wildman–Crippen LogP) is 6.75. The fourth-order valence-corrected chi connectivity index (χ4v) is 4.94. The number of amides is 2. The van der Waals surface area contributed by atoms with Crippen molar-refractivity contribution in [3.05, 3.63) is 105 Å². The van der Waals surface area contributed by atoms with E-state index >= 15 is 0 Å². The Bertz CT molecular complexity index is 1110. The molecule has 3 aromatic rings. The normalized spacial score (nSPS) is 11.8. The molecule has 4 nitrogen and oxygen atoms in total. The van der Waals surface area contributed by atoms with Crippen LogP contribution in [-0.2, 0) is 28.3 Å². The van der Waals surface area contributed by atoms with E-state index in [1.54, 1.807) is 16.7 Å². The van der Waals surface area contributed by atoms with Gasteiger partial charge in [0.05, 0.1) is 5.75 Å². The monoisotopic (exact) mass is 586 g/mol. The zero-order valence-electron chi connectivity index (χ0n) is 20.6. The highest BCUT2D eigenvalue weighted by Crippen LogP contribution is 2.20. The number of hydrogen-bond acceptors (Lipinski definition) is 3. The van der Waals surface area contributed by atoms with Gasteiger partial charge in [-0.2, -0.15) is 0 Å². The number of benzene rings is 3. The highest BCUT2D eigenvalue weighted by atomic mass is 79.9. The fraction of sp³-hybridized carbons (Fsp3) is 0.310. The van der Waals surface area contributed by atoms with E-state index in [0.29, 0.717) is 36.2 Å². The Kier molecular flexibility index (Phi) is 11.4. The third-order valence-corrected chi connectivity index (χ3v) is 7.40. The van der Waals surface area contributed by atoms with Crippen molar-refractivity contribution in [2.75, 3.05) is 12.3 Å². The van der Waals surface area contributed by atoms with Crippen molar-refractivity contribution in [3.8, 4) is 0 Å². The van der Waals surface area contributed by atoms with Gasteiger partial charge < -0.3 is 10.2 Å². The minimum atomic E-state index is -0.613. The van der Waals surface area contributed by atoms with Crippen molar-refractivity contribution in [2.45, 2.75) is 38.6 Å². The van der Waals surface area contributed by atoms with Gasteiger partial charge in [0, 0.05) is 34.8 Å². The Hall–Kier alpha value is -2.28. The second-order valence-corrected chi connectivity index (χ2v) is 11.4. The van der Waals surface area contributed by atoms with Crippen LogP contribution in [0.4, 0.5) is 0 Å². The van der Waals surface area contributed by atoms with Gasteiger partial charge in [-0.1, -0.05) is 96.0 Å². The zero-order valence-corrected chi connectivity index (χ0v) is 23.8. The average Bonchev–Trinajstić information content (AvgIpc) is 2.87. The van der Waals surface area contributed by atoms with Crippen molar-refractivity contribution in [3.63, 3.8) is 0 Å². The molecule has 0 aliphatic rings. The largest absolute Gasteiger partial charge is 0.354 e. The summed E-state index contributed by atoms with van der Waals surface area (Å²) in [5.41, 5.74) is 3.10. The lowest BCUT2D eigenvalue weighted by Crippen LogP contribution is -2.51. The van der Waals surface area contributed by atoms with Gasteiger partial charge in [-0.25, -0.2) is 0 Å². The molecule has 0 heterocycles. The minimum Gasteiger partial charge on any atom is -0.354 e. The lowest BCUT2D eigenvalue weighted by atomic mass is 10.0. The van der Waals surface area contributed by atoms with Gasteiger partial charge in [0.15, 0.2) is 0 Å². The molecule has 190 valence electrons. The highest BCUT2D eigenvalue weighted by molar-refractivity contribution is 9.10. The molecule has 1 atom stereocenters. The summed E-state index contributed by atoms with van der Waals surface area (Å²) < 4.78 is 0.971. The van der Waals surface area contributed by atoms with Crippen molar-refractivity contribution in [1.29, 1.82) is 0 Å². The first-order chi connectivity index (χ1) is 17.3. The predicted molar refractivity (Wildman–Crippen MR) is 154 cm³/mol. The molecule has 0 bridgehead atoms. The molecule has 36 heavy (non-hydrogen) atoms. The first-order valence-electron chi connectivity index (χ1n) is 12.0. The number of carbonyl (C=O) groups excluding carboxylic acids is 2. The maximum atomic E-state index is 13.6. The molecule has 3 rings (SSSR count). The van der Waals surface area contributed by atoms with Crippen LogP contribution in [0.25, 0.3) is 0 Å². The highest BCUT2D eigenvalue weighted by Gasteiger charge is 2.30. The van der Waals surface area contributed by atoms with Crippen LogP contribution in [0.15, 0.2) is 83.3 Å². The van der Waals surface area contributed by atoms with Crippen molar-refractivity contribution in [2.24, 2.45) is 5.92 Å². The molecule has 2 amide bonds. The molecule has 0 saturated heterocycles. The van der Waals surface area contributed by atoms with E-state index in [1.807, 2.05) is 78.9 Å². The molecular formula is C29H32BrClN2O2S. The van der Waals surface area contributed by atoms with Crippen molar-refractivity contribution >= 4 is 51.1 Å². The van der Waals surface area contributed by atoms with Crippen LogP contribution in [0.2, 0.25) is 5.02 Å². The topological polar surface area (TPSA) is 49.4 Å². The molecule has 0 aromatic heterocycles. The maximum absolute atomic E-state index is 13.6. The summed E-state index contributed by atoms with van der Waals surface area (Å²) in [5.74, 6) is 1.11. The van der Waals surface area contributed by atoms with E-state index in [2.05, 4.69) is 35.1 Å². The fourth-order valence-electron chi connectivity index (χ4n) is 3.68. The molecule has 0 radical (unpaired) electrons. The van der Waals surface area contributed by atoms with Crippen LogP contribution in [0.3, 0.4) is 0 Å². The Morgan fingerprint density at radius 2 is 1.56 bits per heavy atom. The first-order valence-corrected chi connectivity index (χ1v) is 14.3. The molecule has 7 heteroatoms. The molecule has 3 aromatic carbocycles. The molecule has 0 aliphatic carbocycles. The summed E-state index contributed by atoms with van der Waals surface area (Å²) in [5, 5.41) is 3.75. The van der Waals surface area contributed by atoms with Crippen LogP contribution in [0, 0.1) is 5.92 Å². The Morgan fingerprint density at radius 1 is 0.917 bits per heavy atom. The van der Waals surface area contributed by atoms with Gasteiger partial charge in [-0.15, -0.1) is 11.8 Å². The summed E-state index contributed by atoms with van der Waals surface area (Å²) in [4.78, 5) is 28.8. The summed E-state index contributed by atoms with van der Waals surface area (Å²) in [6, 6.07) is 24.8. The number of nitrogens with one attached hydrogen (secondary N) is 1. The molecule has 0 saturated carbocycles. The van der Waals surface area contributed by atoms with Crippen molar-refractivity contribution < 1.29 is 9.59 Å². The molecule has 0 unspecified atom stereocenters. The van der Waals surface area contributed by atoms with Crippen LogP contribution < -0.4 is 5.32 Å². The van der Waals surface area contributed by atoms with E-state index in [4.69, 9.17) is 11.6 Å². The summed E-state index contributed by atoms with van der Waals surface area (Å²) in [6.45, 7) is 5.05. The van der Waals surface area contributed by atoms with Crippen molar-refractivity contribution in [1.82, 2.24) is 10.2 Å². The third-order valence-electron chi connectivity index (χ3n) is 5.63. The standard InChI is InChI=1S/C29H32BrClN2O2S/c1-21(2)17-32-29(35)27(16-22-6-4-3-5-7-22)33(18-23-8-12-25(30)13-9-23)28(34)20-36-19-24-10-14-26(31)15-11-24/h3-15,21,27H,16-20H2,1-2H3,(H,32,35)/t27-/m1/s1. The van der Waals surface area contributed by atoms with E-state index in [-0.39, 0.29) is 17.6 Å². The Morgan fingerprint density at radius 3 is 2.19 bits per heavy atom. The van der Waals surface area contributed by atoms with Crippen LogP contribution in [0.1, 0.15) is 30.5 Å². The van der Waals surface area contributed by atoms with Gasteiger partial charge in [-0.3, -0.25) is 9.59 Å². The van der Waals surface area contributed by atoms with Gasteiger partial charge in [0.1, 0.15) is 6.04 Å². The summed E-state index contributed by atoms with van der Waals surface area (Å²) >= 11 is 11.0. The average molecular weight is 588 g/mol. The zero-order chi connectivity index (χ0) is 25.9. The van der Waals surface area contributed by atoms with Crippen LogP contribution in [-0.4, -0.2) is 35.1 Å². The van der Waals surface area contributed by atoms with E-state index in [0.717, 1.165) is 21.2 Å². The lowest BCUT2D eigenvalue weighted by molar-refractivity contribution is -0.139. The molecule has 1 N–H and O–H groups in total. The van der Waals surface area contributed by atoms with Gasteiger partial charge >= 0.3 is 0 Å². The number of carbonyl (C=O) groups is 2. The number of rotatable bonds is 12. The van der Waals surface area contributed by atoms with E-state index < -0.39 is 6.04 Å². The first kappa shape index (κ1) is 28.3. The quantitative estimate of drug-likeness (QED) is 0.255. The van der Waals surface area contributed by atoms with Gasteiger partial charge in [0.25, 0.3) is 0 Å². The van der Waals surface area contributed by atoms with Crippen LogP contribution >= 0.6 is 39.3 Å². The minimum absolute atomic E-state index is 0.0579. The van der Waals surface area contributed by atoms with E-state index in [9.17, 15) is 9.59 Å². The molecular weight excluding hydrogens is 556 g/mol. The lowest BCUT2D eigenvalue weighted by Gasteiger charge is -2.32. The Labute approximate surface area is 231 Å². The number of thioether (sulfide) groups is 1. The summed E-state index contributed by atoms with van der Waals surface area (Å²) in [6.07, 6.45) is 0.453. The third kappa shape index (κ3) is 9.30. The number of hydrogen-bond donors (Lipinski definition) is 1. The Balaban J connectivity index is 1.82. The molecule has 0 fully saturated rings. The van der Waals surface area contributed by atoms with Crippen LogP contribution in [0.5, 0.6) is 0 Å². The smallest absolute Gasteiger partial charge is 0.243 e. The number of nitrogens with zero attached hydrogens (tertiary/aromatic N) is 1. The molecule has 0 spiro atoms. The van der Waals surface area contributed by atoms with E-state index in [1.165, 1.54) is 0 Å². The van der Waals surface area contributed by atoms with Gasteiger partial charge in [-0.05, 0) is 46.9 Å². The number of halogens is 2. The second kappa shape index (κ2) is 14.5. The summed E-state index contributed by atoms with van der Waals surface area (Å²) in [7, 11) is 0.